The maximum absolute atomic E-state index is 12.9. The molecule has 162 valence electrons. The fraction of sp³-hybridized carbons (Fsp3) is 0.417. The lowest BCUT2D eigenvalue weighted by Crippen LogP contribution is -2.41. The molecule has 0 aliphatic carbocycles. The van der Waals surface area contributed by atoms with Crippen molar-refractivity contribution >= 4 is 17.5 Å². The lowest BCUT2D eigenvalue weighted by atomic mass is 9.92. The van der Waals surface area contributed by atoms with Gasteiger partial charge in [0.25, 0.3) is 0 Å². The van der Waals surface area contributed by atoms with Crippen LogP contribution >= 0.6 is 0 Å². The van der Waals surface area contributed by atoms with E-state index in [1.807, 2.05) is 60.7 Å². The smallest absolute Gasteiger partial charge is 0.227 e. The maximum atomic E-state index is 12.9. The van der Waals surface area contributed by atoms with Crippen LogP contribution in [0.1, 0.15) is 42.8 Å². The molecule has 1 atom stereocenters. The molecule has 4 heterocycles. The Kier molecular flexibility index (Phi) is 6.30. The van der Waals surface area contributed by atoms with Crippen LogP contribution in [0.4, 0.5) is 11.6 Å². The number of piperidine rings is 1. The van der Waals surface area contributed by atoms with Crippen molar-refractivity contribution in [1.29, 1.82) is 0 Å². The average Bonchev–Trinajstić information content (AvgIpc) is 3.19. The minimum absolute atomic E-state index is 0.0586. The summed E-state index contributed by atoms with van der Waals surface area (Å²) in [7, 11) is 0. The normalized spacial score (nSPS) is 15.6. The van der Waals surface area contributed by atoms with E-state index in [9.17, 15) is 4.79 Å². The van der Waals surface area contributed by atoms with Crippen LogP contribution in [0.5, 0.6) is 0 Å². The van der Waals surface area contributed by atoms with Gasteiger partial charge in [-0.15, -0.1) is 0 Å². The Bertz CT molecular complexity index is 1040. The highest BCUT2D eigenvalue weighted by Crippen LogP contribution is 2.29. The molecule has 0 radical (unpaired) electrons. The highest BCUT2D eigenvalue weighted by molar-refractivity contribution is 5.78. The van der Waals surface area contributed by atoms with E-state index in [2.05, 4.69) is 21.4 Å². The van der Waals surface area contributed by atoms with Gasteiger partial charge in [-0.25, -0.2) is 15.0 Å². The molecule has 31 heavy (non-hydrogen) atoms. The van der Waals surface area contributed by atoms with Gasteiger partial charge in [0.1, 0.15) is 17.5 Å². The first-order valence-corrected chi connectivity index (χ1v) is 10.9. The zero-order valence-corrected chi connectivity index (χ0v) is 18.5. The number of nitrogens with one attached hydrogen (secondary N) is 1. The number of carbonyl (C=O) groups is 1. The van der Waals surface area contributed by atoms with Gasteiger partial charge in [0.05, 0.1) is 5.92 Å². The molecule has 7 heteroatoms. The summed E-state index contributed by atoms with van der Waals surface area (Å²) in [5, 5.41) is 3.32. The standard InChI is InChI=1S/C24H30N6O/c1-17-6-5-11-26-23(17)28-22-8-4-7-21(27-22)20-9-13-29(14-10-20)24(31)18(2)16-30-15-12-25-19(30)3/h4-8,11-12,15,18,20H,9-10,13-14,16H2,1-3H3,(H,26,27,28)/t18-/m0/s1. The molecule has 0 spiro atoms. The van der Waals surface area contributed by atoms with Crippen molar-refractivity contribution in [3.8, 4) is 0 Å². The quantitative estimate of drug-likeness (QED) is 0.653. The molecular formula is C24H30N6O. The van der Waals surface area contributed by atoms with Crippen molar-refractivity contribution in [3.05, 3.63) is 66.0 Å². The van der Waals surface area contributed by atoms with Gasteiger partial charge in [0.2, 0.25) is 5.91 Å². The van der Waals surface area contributed by atoms with Crippen molar-refractivity contribution in [2.75, 3.05) is 18.4 Å². The van der Waals surface area contributed by atoms with E-state index >= 15 is 0 Å². The van der Waals surface area contributed by atoms with Gasteiger partial charge < -0.3 is 14.8 Å². The van der Waals surface area contributed by atoms with Crippen molar-refractivity contribution < 1.29 is 4.79 Å². The number of rotatable bonds is 6. The molecule has 1 N–H and O–H groups in total. The molecule has 3 aromatic heterocycles. The zero-order valence-electron chi connectivity index (χ0n) is 18.5. The van der Waals surface area contributed by atoms with E-state index in [1.165, 1.54) is 0 Å². The molecule has 7 nitrogen and oxygen atoms in total. The lowest BCUT2D eigenvalue weighted by Gasteiger charge is -2.33. The summed E-state index contributed by atoms with van der Waals surface area (Å²) < 4.78 is 2.04. The molecule has 3 aromatic rings. The molecule has 1 aliphatic rings. The van der Waals surface area contributed by atoms with Crippen LogP contribution in [0.15, 0.2) is 48.9 Å². The molecule has 1 saturated heterocycles. The van der Waals surface area contributed by atoms with Crippen molar-refractivity contribution in [2.45, 2.75) is 46.1 Å². The summed E-state index contributed by atoms with van der Waals surface area (Å²) in [6.45, 7) is 8.22. The number of hydrogen-bond donors (Lipinski definition) is 1. The van der Waals surface area contributed by atoms with Gasteiger partial charge in [0, 0.05) is 49.8 Å². The third-order valence-corrected chi connectivity index (χ3v) is 6.07. The Labute approximate surface area is 183 Å². The summed E-state index contributed by atoms with van der Waals surface area (Å²) in [4.78, 5) is 28.4. The molecule has 0 saturated carbocycles. The number of pyridine rings is 2. The molecule has 4 rings (SSSR count). The van der Waals surface area contributed by atoms with Gasteiger partial charge in [0.15, 0.2) is 0 Å². The van der Waals surface area contributed by atoms with Crippen LogP contribution in [0, 0.1) is 19.8 Å². The number of imidazole rings is 1. The highest BCUT2D eigenvalue weighted by atomic mass is 16.2. The summed E-state index contributed by atoms with van der Waals surface area (Å²) in [5.74, 6) is 3.11. The second kappa shape index (κ2) is 9.29. The first-order valence-electron chi connectivity index (χ1n) is 10.9. The molecule has 0 bridgehead atoms. The average molecular weight is 419 g/mol. The summed E-state index contributed by atoms with van der Waals surface area (Å²) >= 11 is 0. The predicted octanol–water partition coefficient (Wildman–Crippen LogP) is 4.08. The molecule has 1 fully saturated rings. The van der Waals surface area contributed by atoms with E-state index in [-0.39, 0.29) is 11.8 Å². The fourth-order valence-corrected chi connectivity index (χ4v) is 4.16. The first-order chi connectivity index (χ1) is 15.0. The number of anilines is 2. The molecule has 1 amide bonds. The van der Waals surface area contributed by atoms with E-state index in [0.717, 1.165) is 54.6 Å². The monoisotopic (exact) mass is 418 g/mol. The molecule has 0 aromatic carbocycles. The number of likely N-dealkylation sites (tertiary alicyclic amines) is 1. The highest BCUT2D eigenvalue weighted by Gasteiger charge is 2.27. The Balaban J connectivity index is 1.35. The molecule has 0 unspecified atom stereocenters. The second-order valence-corrected chi connectivity index (χ2v) is 8.37. The molecule has 1 aliphatic heterocycles. The fourth-order valence-electron chi connectivity index (χ4n) is 4.16. The maximum Gasteiger partial charge on any atom is 0.227 e. The number of aryl methyl sites for hydroxylation is 2. The summed E-state index contributed by atoms with van der Waals surface area (Å²) in [6.07, 6.45) is 7.36. The predicted molar refractivity (Wildman–Crippen MR) is 121 cm³/mol. The van der Waals surface area contributed by atoms with Crippen LogP contribution < -0.4 is 5.32 Å². The Morgan fingerprint density at radius 2 is 1.94 bits per heavy atom. The van der Waals surface area contributed by atoms with Gasteiger partial charge in [-0.05, 0) is 50.5 Å². The third kappa shape index (κ3) is 4.93. The van der Waals surface area contributed by atoms with Crippen molar-refractivity contribution in [3.63, 3.8) is 0 Å². The number of aromatic nitrogens is 4. The lowest BCUT2D eigenvalue weighted by molar-refractivity contribution is -0.136. The third-order valence-electron chi connectivity index (χ3n) is 6.07. The topological polar surface area (TPSA) is 75.9 Å². The molecular weight excluding hydrogens is 388 g/mol. The number of carbonyl (C=O) groups excluding carboxylic acids is 1. The first kappa shape index (κ1) is 21.0. The van der Waals surface area contributed by atoms with Gasteiger partial charge >= 0.3 is 0 Å². The number of hydrogen-bond acceptors (Lipinski definition) is 5. The van der Waals surface area contributed by atoms with E-state index < -0.39 is 0 Å². The van der Waals surface area contributed by atoms with Gasteiger partial charge in [-0.2, -0.15) is 0 Å². The number of amides is 1. The van der Waals surface area contributed by atoms with Crippen LogP contribution in [-0.2, 0) is 11.3 Å². The Morgan fingerprint density at radius 3 is 2.65 bits per heavy atom. The van der Waals surface area contributed by atoms with Crippen LogP contribution in [-0.4, -0.2) is 43.4 Å². The zero-order chi connectivity index (χ0) is 21.8. The SMILES string of the molecule is Cc1cccnc1Nc1cccc(C2CCN(C(=O)[C@@H](C)Cn3ccnc3C)CC2)n1. The second-order valence-electron chi connectivity index (χ2n) is 8.37. The summed E-state index contributed by atoms with van der Waals surface area (Å²) in [5.41, 5.74) is 2.16. The van der Waals surface area contributed by atoms with Crippen LogP contribution in [0.25, 0.3) is 0 Å². The van der Waals surface area contributed by atoms with E-state index in [0.29, 0.717) is 12.5 Å². The largest absolute Gasteiger partial charge is 0.342 e. The van der Waals surface area contributed by atoms with Crippen molar-refractivity contribution in [2.24, 2.45) is 5.92 Å². The van der Waals surface area contributed by atoms with Gasteiger partial charge in [-0.3, -0.25) is 4.79 Å². The minimum atomic E-state index is -0.0586. The number of nitrogens with zero attached hydrogens (tertiary/aromatic N) is 5. The van der Waals surface area contributed by atoms with Crippen LogP contribution in [0.3, 0.4) is 0 Å². The Morgan fingerprint density at radius 1 is 1.13 bits per heavy atom. The van der Waals surface area contributed by atoms with E-state index in [4.69, 9.17) is 4.98 Å². The minimum Gasteiger partial charge on any atom is -0.342 e. The van der Waals surface area contributed by atoms with E-state index in [1.54, 1.807) is 12.4 Å². The Hall–Kier alpha value is -3.22. The van der Waals surface area contributed by atoms with Crippen LogP contribution in [0.2, 0.25) is 0 Å². The van der Waals surface area contributed by atoms with Gasteiger partial charge in [-0.1, -0.05) is 19.1 Å². The summed E-state index contributed by atoms with van der Waals surface area (Å²) in [6, 6.07) is 10.0. The van der Waals surface area contributed by atoms with Crippen molar-refractivity contribution in [1.82, 2.24) is 24.4 Å².